The van der Waals surface area contributed by atoms with E-state index < -0.39 is 0 Å². The maximum atomic E-state index is 11.9. The first-order valence-corrected chi connectivity index (χ1v) is 8.76. The van der Waals surface area contributed by atoms with Gasteiger partial charge in [0.2, 0.25) is 5.95 Å². The largest absolute Gasteiger partial charge is 0.493 e. The van der Waals surface area contributed by atoms with Crippen molar-refractivity contribution in [2.24, 2.45) is 0 Å². The number of hydrogen-bond acceptors (Lipinski definition) is 7. The van der Waals surface area contributed by atoms with Gasteiger partial charge in [-0.25, -0.2) is 4.98 Å². The molecule has 7 nitrogen and oxygen atoms in total. The summed E-state index contributed by atoms with van der Waals surface area (Å²) < 4.78 is 10.8. The Morgan fingerprint density at radius 2 is 1.82 bits per heavy atom. The number of nitrogens with one attached hydrogen (secondary N) is 2. The fourth-order valence-electron chi connectivity index (χ4n) is 2.75. The van der Waals surface area contributed by atoms with Crippen LogP contribution >= 0.6 is 0 Å². The number of nitrogens with zero attached hydrogens (tertiary/aromatic N) is 2. The second-order valence-electron chi connectivity index (χ2n) is 6.01. The van der Waals surface area contributed by atoms with E-state index in [0.717, 1.165) is 11.3 Å². The first-order valence-electron chi connectivity index (χ1n) is 8.76. The molecular formula is C21H22N4O3. The zero-order valence-corrected chi connectivity index (χ0v) is 16.0. The van der Waals surface area contributed by atoms with Crippen LogP contribution in [0.2, 0.25) is 0 Å². The maximum Gasteiger partial charge on any atom is 0.224 e. The third kappa shape index (κ3) is 4.37. The molecule has 0 atom stereocenters. The number of carbonyl (C=O) groups is 1. The third-order valence-electron chi connectivity index (χ3n) is 4.13. The standard InChI is InChI=1S/C21H22N4O3/c1-14(26)17-13-23-21(25-20(17)24-16-9-5-4-6-10-16)22-12-15-8-7-11-18(27-2)19(15)28-3/h4-11,13H,12H2,1-3H3,(H2,22,23,24,25). The molecule has 0 unspecified atom stereocenters. The van der Waals surface area contributed by atoms with Crippen molar-refractivity contribution < 1.29 is 14.3 Å². The predicted molar refractivity (Wildman–Crippen MR) is 109 cm³/mol. The van der Waals surface area contributed by atoms with Crippen LogP contribution < -0.4 is 20.1 Å². The van der Waals surface area contributed by atoms with Crippen molar-refractivity contribution in [1.82, 2.24) is 9.97 Å². The van der Waals surface area contributed by atoms with Crippen LogP contribution in [0.25, 0.3) is 0 Å². The minimum atomic E-state index is -0.112. The molecule has 144 valence electrons. The molecule has 0 aliphatic heterocycles. The summed E-state index contributed by atoms with van der Waals surface area (Å²) in [4.78, 5) is 20.7. The zero-order chi connectivity index (χ0) is 19.9. The summed E-state index contributed by atoms with van der Waals surface area (Å²) in [5.74, 6) is 2.04. The monoisotopic (exact) mass is 378 g/mol. The number of Topliss-reactive ketones (excluding diaryl/α,β-unsaturated/α-hetero) is 1. The molecule has 3 rings (SSSR count). The summed E-state index contributed by atoms with van der Waals surface area (Å²) in [6, 6.07) is 15.2. The lowest BCUT2D eigenvalue weighted by atomic mass is 10.2. The van der Waals surface area contributed by atoms with E-state index in [1.807, 2.05) is 48.5 Å². The molecule has 0 saturated carbocycles. The van der Waals surface area contributed by atoms with Crippen molar-refractivity contribution in [2.75, 3.05) is 24.9 Å². The van der Waals surface area contributed by atoms with Crippen molar-refractivity contribution in [3.8, 4) is 11.5 Å². The summed E-state index contributed by atoms with van der Waals surface area (Å²) in [6.45, 7) is 1.92. The van der Waals surface area contributed by atoms with Gasteiger partial charge in [-0.15, -0.1) is 0 Å². The molecule has 28 heavy (non-hydrogen) atoms. The van der Waals surface area contributed by atoms with Gasteiger partial charge >= 0.3 is 0 Å². The first-order chi connectivity index (χ1) is 13.6. The SMILES string of the molecule is COc1cccc(CNc2ncc(C(C)=O)c(Nc3ccccc3)n2)c1OC. The Labute approximate surface area is 163 Å². The van der Waals surface area contributed by atoms with Crippen molar-refractivity contribution in [3.05, 3.63) is 65.9 Å². The van der Waals surface area contributed by atoms with Crippen molar-refractivity contribution in [1.29, 1.82) is 0 Å². The van der Waals surface area contributed by atoms with E-state index in [0.29, 0.717) is 35.4 Å². The summed E-state index contributed by atoms with van der Waals surface area (Å²) in [5.41, 5.74) is 2.16. The summed E-state index contributed by atoms with van der Waals surface area (Å²) in [7, 11) is 3.20. The highest BCUT2D eigenvalue weighted by Gasteiger charge is 2.13. The summed E-state index contributed by atoms with van der Waals surface area (Å²) in [5, 5.41) is 6.35. The zero-order valence-electron chi connectivity index (χ0n) is 16.0. The number of aromatic nitrogens is 2. The Morgan fingerprint density at radius 1 is 1.04 bits per heavy atom. The van der Waals surface area contributed by atoms with Crippen LogP contribution in [0.15, 0.2) is 54.7 Å². The van der Waals surface area contributed by atoms with Gasteiger partial charge in [0.1, 0.15) is 5.82 Å². The molecule has 0 aliphatic carbocycles. The van der Waals surface area contributed by atoms with E-state index >= 15 is 0 Å². The Kier molecular flexibility index (Phi) is 6.06. The van der Waals surface area contributed by atoms with E-state index in [2.05, 4.69) is 20.6 Å². The fraction of sp³-hybridized carbons (Fsp3) is 0.190. The van der Waals surface area contributed by atoms with E-state index in [-0.39, 0.29) is 5.78 Å². The quantitative estimate of drug-likeness (QED) is 0.572. The highest BCUT2D eigenvalue weighted by Crippen LogP contribution is 2.31. The average Bonchev–Trinajstić information content (AvgIpc) is 2.72. The van der Waals surface area contributed by atoms with E-state index in [4.69, 9.17) is 9.47 Å². The van der Waals surface area contributed by atoms with E-state index in [1.165, 1.54) is 13.1 Å². The van der Waals surface area contributed by atoms with Gasteiger partial charge in [-0.2, -0.15) is 4.98 Å². The molecule has 0 aliphatic rings. The van der Waals surface area contributed by atoms with Gasteiger partial charge in [0.05, 0.1) is 19.8 Å². The Hall–Kier alpha value is -3.61. The van der Waals surface area contributed by atoms with Crippen LogP contribution in [0.1, 0.15) is 22.8 Å². The van der Waals surface area contributed by atoms with Crippen molar-refractivity contribution in [2.45, 2.75) is 13.5 Å². The molecule has 3 aromatic rings. The molecule has 0 saturated heterocycles. The minimum absolute atomic E-state index is 0.112. The number of hydrogen-bond donors (Lipinski definition) is 2. The number of carbonyl (C=O) groups excluding carboxylic acids is 1. The molecular weight excluding hydrogens is 356 g/mol. The fourth-order valence-corrected chi connectivity index (χ4v) is 2.75. The van der Waals surface area contributed by atoms with Crippen LogP contribution in [0.3, 0.4) is 0 Å². The topological polar surface area (TPSA) is 85.4 Å². The highest BCUT2D eigenvalue weighted by atomic mass is 16.5. The third-order valence-corrected chi connectivity index (χ3v) is 4.13. The smallest absolute Gasteiger partial charge is 0.224 e. The van der Waals surface area contributed by atoms with Gasteiger partial charge < -0.3 is 20.1 Å². The lowest BCUT2D eigenvalue weighted by Gasteiger charge is -2.14. The molecule has 0 fully saturated rings. The number of anilines is 3. The van der Waals surface area contributed by atoms with Gasteiger partial charge in [-0.1, -0.05) is 30.3 Å². The number of rotatable bonds is 8. The van der Waals surface area contributed by atoms with Gasteiger partial charge in [0.25, 0.3) is 0 Å². The van der Waals surface area contributed by atoms with Gasteiger partial charge in [0, 0.05) is 24.0 Å². The number of benzene rings is 2. The van der Waals surface area contributed by atoms with Crippen LogP contribution in [-0.2, 0) is 6.54 Å². The Morgan fingerprint density at radius 3 is 2.50 bits per heavy atom. The lowest BCUT2D eigenvalue weighted by Crippen LogP contribution is -2.10. The molecule has 0 radical (unpaired) electrons. The van der Waals surface area contributed by atoms with Crippen LogP contribution in [-0.4, -0.2) is 30.0 Å². The number of ketones is 1. The normalized spacial score (nSPS) is 10.2. The number of ether oxygens (including phenoxy) is 2. The molecule has 2 N–H and O–H groups in total. The molecule has 0 amide bonds. The molecule has 0 bridgehead atoms. The predicted octanol–water partition coefficient (Wildman–Crippen LogP) is 4.05. The molecule has 2 aromatic carbocycles. The van der Waals surface area contributed by atoms with Crippen molar-refractivity contribution in [3.63, 3.8) is 0 Å². The second kappa shape index (κ2) is 8.85. The number of methoxy groups -OCH3 is 2. The first kappa shape index (κ1) is 19.2. The molecule has 0 spiro atoms. The summed E-state index contributed by atoms with van der Waals surface area (Å²) >= 11 is 0. The highest BCUT2D eigenvalue weighted by molar-refractivity contribution is 5.99. The van der Waals surface area contributed by atoms with E-state index in [9.17, 15) is 4.79 Å². The van der Waals surface area contributed by atoms with Gasteiger partial charge in [-0.3, -0.25) is 4.79 Å². The second-order valence-corrected chi connectivity index (χ2v) is 6.01. The van der Waals surface area contributed by atoms with Crippen LogP contribution in [0.4, 0.5) is 17.5 Å². The van der Waals surface area contributed by atoms with Gasteiger partial charge in [0.15, 0.2) is 17.3 Å². The van der Waals surface area contributed by atoms with Crippen LogP contribution in [0, 0.1) is 0 Å². The van der Waals surface area contributed by atoms with E-state index in [1.54, 1.807) is 14.2 Å². The minimum Gasteiger partial charge on any atom is -0.493 e. The maximum absolute atomic E-state index is 11.9. The Balaban J connectivity index is 1.83. The molecule has 1 heterocycles. The van der Waals surface area contributed by atoms with Gasteiger partial charge in [-0.05, 0) is 25.1 Å². The Bertz CT molecular complexity index is 961. The molecule has 7 heteroatoms. The lowest BCUT2D eigenvalue weighted by molar-refractivity contribution is 0.101. The van der Waals surface area contributed by atoms with Crippen LogP contribution in [0.5, 0.6) is 11.5 Å². The average molecular weight is 378 g/mol. The summed E-state index contributed by atoms with van der Waals surface area (Å²) in [6.07, 6.45) is 1.52. The van der Waals surface area contributed by atoms with Crippen molar-refractivity contribution >= 4 is 23.2 Å². The number of para-hydroxylation sites is 2. The molecule has 1 aromatic heterocycles.